The number of hydrogen-bond acceptors (Lipinski definition) is 9. The average Bonchev–Trinajstić information content (AvgIpc) is 3.16. The molecule has 4 aliphatic heterocycles. The number of hydrogen-bond donors (Lipinski definition) is 5. The summed E-state index contributed by atoms with van der Waals surface area (Å²) in [6.07, 6.45) is 0. The third kappa shape index (κ3) is 7.17. The molecule has 4 saturated heterocycles. The number of carboxylic acids is 2. The Hall–Kier alpha value is -4.37. The zero-order valence-corrected chi connectivity index (χ0v) is 31.0. The lowest BCUT2D eigenvalue weighted by Gasteiger charge is -2.56. The number of aliphatic carboxylic acids is 2. The summed E-state index contributed by atoms with van der Waals surface area (Å²) in [5.41, 5.74) is 3.64. The topological polar surface area (TPSA) is 168 Å². The highest BCUT2D eigenvalue weighted by Crippen LogP contribution is 2.48. The third-order valence-electron chi connectivity index (χ3n) is 10.7. The molecule has 3 aromatic rings. The van der Waals surface area contributed by atoms with Crippen molar-refractivity contribution in [2.24, 2.45) is 17.8 Å². The van der Waals surface area contributed by atoms with E-state index >= 15 is 0 Å². The van der Waals surface area contributed by atoms with Crippen LogP contribution in [0.15, 0.2) is 84.9 Å². The molecule has 0 aromatic heterocycles. The van der Waals surface area contributed by atoms with Gasteiger partial charge in [0.05, 0.1) is 11.3 Å². The van der Waals surface area contributed by atoms with Gasteiger partial charge in [0.2, 0.25) is 17.7 Å². The van der Waals surface area contributed by atoms with Gasteiger partial charge in [0, 0.05) is 30.6 Å². The van der Waals surface area contributed by atoms with Gasteiger partial charge in [0.25, 0.3) is 0 Å². The molecule has 5 N–H and O–H groups in total. The molecule has 0 radical (unpaired) electrons. The lowest BCUT2D eigenvalue weighted by atomic mass is 9.82. The number of carboxylic acid groups (broad SMARTS) is 2. The van der Waals surface area contributed by atoms with Crippen molar-refractivity contribution in [3.05, 3.63) is 107 Å². The Morgan fingerprint density at radius 1 is 0.698 bits per heavy atom. The van der Waals surface area contributed by atoms with Crippen LogP contribution in [0.25, 0.3) is 0 Å². The van der Waals surface area contributed by atoms with Crippen molar-refractivity contribution in [1.29, 1.82) is 0 Å². The van der Waals surface area contributed by atoms with E-state index in [4.69, 9.17) is 0 Å². The van der Waals surface area contributed by atoms with Gasteiger partial charge in [-0.25, -0.2) is 9.59 Å². The van der Waals surface area contributed by atoms with Gasteiger partial charge >= 0.3 is 11.9 Å². The standard InChI is InChI=1S/C39H43N5O7S2/c1-21-19-52-36-27(34(46)43(36)31(21)38(48)49)28(25-9-5-3-6-10-25)40-17-23-13-15-24(16-14-23)18-41-29(26-11-7-4-8-12-26)33(45)42-30-35(47)44-32(39(50)51)22(2)20-53-37(30)44/h3-16,21-22,27-32,36-37,40-41H,17-20H2,1-2H3,(H,42,45)(H,48,49)(H,50,51)/t21?,22?,27?,28-,29-,30?,31?,32?,36?,37?/m0/s1. The number of β-lactam (4-membered cyclic amide) rings is 2. The first-order valence-electron chi connectivity index (χ1n) is 17.8. The normalized spacial score (nSPS) is 28.8. The van der Waals surface area contributed by atoms with Gasteiger partial charge in [-0.2, -0.15) is 0 Å². The number of benzene rings is 3. The minimum atomic E-state index is -1.03. The fraction of sp³-hybridized carbons (Fsp3) is 0.410. The Kier molecular flexibility index (Phi) is 10.8. The summed E-state index contributed by atoms with van der Waals surface area (Å²) in [6.45, 7) is 4.55. The number of nitrogens with zero attached hydrogens (tertiary/aromatic N) is 2. The number of thioether (sulfide) groups is 2. The van der Waals surface area contributed by atoms with E-state index in [1.807, 2.05) is 98.8 Å². The SMILES string of the molecule is CC1CSC2C(NC(=O)[C@@H](NCc3ccc(CN[C@@H](c4ccccc4)C4C(=O)N5C4SCC(C)C5C(=O)O)cc3)c3ccccc3)C(=O)N2C1C(=O)O. The minimum Gasteiger partial charge on any atom is -0.480 e. The Morgan fingerprint density at radius 3 is 1.74 bits per heavy atom. The van der Waals surface area contributed by atoms with Crippen LogP contribution in [0.2, 0.25) is 0 Å². The number of rotatable bonds is 13. The monoisotopic (exact) mass is 757 g/mol. The number of fused-ring (bicyclic) bond motifs is 2. The van der Waals surface area contributed by atoms with Crippen LogP contribution in [0.3, 0.4) is 0 Å². The van der Waals surface area contributed by atoms with Gasteiger partial charge in [-0.15, -0.1) is 23.5 Å². The maximum atomic E-state index is 13.7. The van der Waals surface area contributed by atoms with Gasteiger partial charge in [0.15, 0.2) is 0 Å². The van der Waals surface area contributed by atoms with Gasteiger partial charge < -0.3 is 30.6 Å². The predicted molar refractivity (Wildman–Crippen MR) is 201 cm³/mol. The predicted octanol–water partition coefficient (Wildman–Crippen LogP) is 3.46. The molecule has 4 aliphatic rings. The molecule has 278 valence electrons. The zero-order chi connectivity index (χ0) is 37.4. The van der Waals surface area contributed by atoms with E-state index in [1.165, 1.54) is 16.7 Å². The molecule has 12 nitrogen and oxygen atoms in total. The summed E-state index contributed by atoms with van der Waals surface area (Å²) in [5.74, 6) is -2.32. The number of carbonyl (C=O) groups is 5. The average molecular weight is 758 g/mol. The van der Waals surface area contributed by atoms with Crippen molar-refractivity contribution in [2.75, 3.05) is 11.5 Å². The van der Waals surface area contributed by atoms with Crippen molar-refractivity contribution in [3.8, 4) is 0 Å². The molecule has 3 aromatic carbocycles. The van der Waals surface area contributed by atoms with E-state index in [9.17, 15) is 34.2 Å². The number of amides is 3. The smallest absolute Gasteiger partial charge is 0.326 e. The number of nitrogens with one attached hydrogen (secondary N) is 3. The first-order chi connectivity index (χ1) is 25.5. The summed E-state index contributed by atoms with van der Waals surface area (Å²) >= 11 is 3.14. The first kappa shape index (κ1) is 37.0. The Bertz CT molecular complexity index is 1850. The van der Waals surface area contributed by atoms with Gasteiger partial charge in [-0.3, -0.25) is 19.7 Å². The molecule has 0 saturated carbocycles. The van der Waals surface area contributed by atoms with Crippen molar-refractivity contribution in [2.45, 2.75) is 67.9 Å². The zero-order valence-electron chi connectivity index (χ0n) is 29.3. The maximum absolute atomic E-state index is 13.7. The molecule has 53 heavy (non-hydrogen) atoms. The second-order valence-electron chi connectivity index (χ2n) is 14.3. The Morgan fingerprint density at radius 2 is 1.19 bits per heavy atom. The van der Waals surface area contributed by atoms with E-state index in [-0.39, 0.29) is 41.0 Å². The second kappa shape index (κ2) is 15.5. The van der Waals surface area contributed by atoms with Gasteiger partial charge in [-0.1, -0.05) is 98.8 Å². The van der Waals surface area contributed by atoms with Crippen LogP contribution in [0.1, 0.15) is 48.2 Å². The van der Waals surface area contributed by atoms with Crippen LogP contribution in [-0.4, -0.2) is 90.1 Å². The first-order valence-corrected chi connectivity index (χ1v) is 19.9. The summed E-state index contributed by atoms with van der Waals surface area (Å²) in [4.78, 5) is 67.2. The Labute approximate surface area is 316 Å². The van der Waals surface area contributed by atoms with E-state index in [0.29, 0.717) is 24.6 Å². The molecule has 7 rings (SSSR count). The van der Waals surface area contributed by atoms with Crippen molar-refractivity contribution in [3.63, 3.8) is 0 Å². The van der Waals surface area contributed by atoms with Gasteiger partial charge in [0.1, 0.15) is 29.5 Å². The molecule has 4 heterocycles. The molecular weight excluding hydrogens is 715 g/mol. The quantitative estimate of drug-likeness (QED) is 0.162. The van der Waals surface area contributed by atoms with E-state index in [0.717, 1.165) is 22.3 Å². The van der Waals surface area contributed by atoms with Crippen LogP contribution in [-0.2, 0) is 37.1 Å². The van der Waals surface area contributed by atoms with E-state index < -0.39 is 47.4 Å². The van der Waals surface area contributed by atoms with Crippen molar-refractivity contribution >= 4 is 53.2 Å². The summed E-state index contributed by atoms with van der Waals surface area (Å²) in [7, 11) is 0. The molecule has 8 unspecified atom stereocenters. The van der Waals surface area contributed by atoms with Gasteiger partial charge in [-0.05, 0) is 34.1 Å². The number of carbonyl (C=O) groups excluding carboxylic acids is 3. The van der Waals surface area contributed by atoms with Crippen LogP contribution in [0, 0.1) is 17.8 Å². The molecule has 0 aliphatic carbocycles. The molecule has 14 heteroatoms. The molecule has 0 spiro atoms. The third-order valence-corrected chi connectivity index (χ3v) is 13.9. The highest BCUT2D eigenvalue weighted by Gasteiger charge is 2.59. The van der Waals surface area contributed by atoms with E-state index in [2.05, 4.69) is 16.0 Å². The lowest BCUT2D eigenvalue weighted by molar-refractivity contribution is -0.169. The molecule has 10 atom stereocenters. The van der Waals surface area contributed by atoms with Crippen molar-refractivity contribution < 1.29 is 34.2 Å². The van der Waals surface area contributed by atoms with E-state index in [1.54, 1.807) is 16.7 Å². The molecule has 0 bridgehead atoms. The van der Waals surface area contributed by atoms with Crippen molar-refractivity contribution in [1.82, 2.24) is 25.8 Å². The summed E-state index contributed by atoms with van der Waals surface area (Å²) in [5, 5.41) is 28.8. The van der Waals surface area contributed by atoms with Crippen LogP contribution < -0.4 is 16.0 Å². The summed E-state index contributed by atoms with van der Waals surface area (Å²) in [6, 6.07) is 23.4. The molecule has 4 fully saturated rings. The minimum absolute atomic E-state index is 0.127. The van der Waals surface area contributed by atoms with Crippen LogP contribution in [0.5, 0.6) is 0 Å². The Balaban J connectivity index is 0.996. The fourth-order valence-corrected chi connectivity index (χ4v) is 10.9. The largest absolute Gasteiger partial charge is 0.480 e. The fourth-order valence-electron chi connectivity index (χ4n) is 7.92. The highest BCUT2D eigenvalue weighted by molar-refractivity contribution is 8.00. The van der Waals surface area contributed by atoms with Crippen LogP contribution in [0.4, 0.5) is 0 Å². The maximum Gasteiger partial charge on any atom is 0.326 e. The summed E-state index contributed by atoms with van der Waals surface area (Å²) < 4.78 is 0. The lowest BCUT2D eigenvalue weighted by Crippen LogP contribution is -2.75. The highest BCUT2D eigenvalue weighted by atomic mass is 32.2. The molecule has 3 amide bonds. The molecular formula is C39H43N5O7S2. The van der Waals surface area contributed by atoms with Crippen LogP contribution >= 0.6 is 23.5 Å². The second-order valence-corrected chi connectivity index (χ2v) is 16.6.